The summed E-state index contributed by atoms with van der Waals surface area (Å²) in [6.07, 6.45) is 6.92. The van der Waals surface area contributed by atoms with E-state index in [1.54, 1.807) is 6.92 Å². The van der Waals surface area contributed by atoms with Gasteiger partial charge in [-0.15, -0.1) is 0 Å². The van der Waals surface area contributed by atoms with E-state index in [-0.39, 0.29) is 24.1 Å². The first-order chi connectivity index (χ1) is 16.0. The molecule has 34 heavy (non-hydrogen) atoms. The molecule has 0 amide bonds. The normalized spacial score (nSPS) is 27.6. The molecule has 0 saturated carbocycles. The summed E-state index contributed by atoms with van der Waals surface area (Å²) in [6, 6.07) is 6.04. The number of cyclic esters (lactones) is 1. The predicted molar refractivity (Wildman–Crippen MR) is 134 cm³/mol. The Balaban J connectivity index is 1.84. The number of allylic oxidation sites excluding steroid dienone is 1. The van der Waals surface area contributed by atoms with Crippen molar-refractivity contribution < 1.29 is 19.4 Å². The number of ether oxygens (including phenoxy) is 1. The molecule has 4 atom stereocenters. The molecule has 0 radical (unpaired) electrons. The monoisotopic (exact) mass is 468 g/mol. The highest BCUT2D eigenvalue weighted by atomic mass is 16.5. The van der Waals surface area contributed by atoms with Crippen LogP contribution in [-0.4, -0.2) is 32.5 Å². The largest absolute Gasteiger partial charge is 0.457 e. The first-order valence-corrected chi connectivity index (χ1v) is 12.5. The number of ketones is 1. The molecular formula is C28H40N2O4. The lowest BCUT2D eigenvalue weighted by Gasteiger charge is -2.31. The average Bonchev–Trinajstić information content (AvgIpc) is 3.09. The van der Waals surface area contributed by atoms with Crippen molar-refractivity contribution in [2.75, 3.05) is 0 Å². The van der Waals surface area contributed by atoms with E-state index in [1.165, 1.54) is 0 Å². The van der Waals surface area contributed by atoms with Crippen molar-refractivity contribution in [2.24, 2.45) is 24.3 Å². The van der Waals surface area contributed by atoms with Crippen LogP contribution < -0.4 is 0 Å². The zero-order valence-electron chi connectivity index (χ0n) is 21.5. The highest BCUT2D eigenvalue weighted by Gasteiger charge is 2.36. The Kier molecular flexibility index (Phi) is 8.34. The van der Waals surface area contributed by atoms with Crippen LogP contribution in [0.4, 0.5) is 0 Å². The second kappa shape index (κ2) is 10.9. The number of esters is 1. The lowest BCUT2D eigenvalue weighted by atomic mass is 9.74. The van der Waals surface area contributed by atoms with E-state index in [0.29, 0.717) is 12.8 Å². The van der Waals surface area contributed by atoms with Crippen molar-refractivity contribution in [3.63, 3.8) is 0 Å². The number of imidazole rings is 1. The fraction of sp³-hybridized carbons (Fsp3) is 0.607. The minimum atomic E-state index is -0.712. The number of aryl methyl sites for hydroxylation is 2. The van der Waals surface area contributed by atoms with Crippen LogP contribution in [0.25, 0.3) is 11.0 Å². The number of benzene rings is 1. The molecule has 0 saturated heterocycles. The van der Waals surface area contributed by atoms with E-state index in [4.69, 9.17) is 4.74 Å². The Morgan fingerprint density at radius 1 is 1.18 bits per heavy atom. The molecule has 1 aliphatic heterocycles. The highest BCUT2D eigenvalue weighted by Crippen LogP contribution is 2.33. The van der Waals surface area contributed by atoms with Crippen molar-refractivity contribution >= 4 is 22.8 Å². The molecule has 0 bridgehead atoms. The van der Waals surface area contributed by atoms with Crippen molar-refractivity contribution in [1.82, 2.24) is 9.55 Å². The van der Waals surface area contributed by atoms with Gasteiger partial charge in [-0.3, -0.25) is 9.59 Å². The summed E-state index contributed by atoms with van der Waals surface area (Å²) in [6.45, 7) is 9.50. The number of hydrogen-bond donors (Lipinski definition) is 1. The van der Waals surface area contributed by atoms with Crippen LogP contribution in [0.1, 0.15) is 83.7 Å². The molecule has 186 valence electrons. The maximum atomic E-state index is 13.1. The van der Waals surface area contributed by atoms with Crippen LogP contribution in [0.15, 0.2) is 30.4 Å². The highest BCUT2D eigenvalue weighted by molar-refractivity contribution is 5.87. The summed E-state index contributed by atoms with van der Waals surface area (Å²) in [5.41, 5.74) is 2.14. The number of carbonyl (C=O) groups excluding carboxylic acids is 2. The van der Waals surface area contributed by atoms with Gasteiger partial charge in [-0.1, -0.05) is 45.9 Å². The molecule has 6 nitrogen and oxygen atoms in total. The van der Waals surface area contributed by atoms with Crippen LogP contribution in [0.3, 0.4) is 0 Å². The lowest BCUT2D eigenvalue weighted by molar-refractivity contribution is -0.150. The van der Waals surface area contributed by atoms with E-state index in [0.717, 1.165) is 41.7 Å². The minimum absolute atomic E-state index is 0.000775. The molecule has 0 spiro atoms. The van der Waals surface area contributed by atoms with Gasteiger partial charge in [-0.2, -0.15) is 0 Å². The van der Waals surface area contributed by atoms with E-state index >= 15 is 0 Å². The number of aromatic nitrogens is 2. The fourth-order valence-corrected chi connectivity index (χ4v) is 4.88. The molecule has 6 heteroatoms. The number of fused-ring (bicyclic) bond motifs is 1. The Hall–Kier alpha value is -2.47. The molecule has 0 aliphatic carbocycles. The second-order valence-corrected chi connectivity index (χ2v) is 10.6. The first kappa shape index (κ1) is 26.1. The lowest BCUT2D eigenvalue weighted by Crippen LogP contribution is -2.39. The van der Waals surface area contributed by atoms with Gasteiger partial charge in [0.05, 0.1) is 17.1 Å². The van der Waals surface area contributed by atoms with Gasteiger partial charge < -0.3 is 14.4 Å². The molecule has 1 aromatic heterocycles. The summed E-state index contributed by atoms with van der Waals surface area (Å²) in [7, 11) is 1.99. The number of aliphatic hydroxyl groups is 1. The number of carbonyl (C=O) groups is 2. The maximum Gasteiger partial charge on any atom is 0.306 e. The molecule has 2 heterocycles. The van der Waals surface area contributed by atoms with E-state index in [2.05, 4.69) is 17.1 Å². The minimum Gasteiger partial charge on any atom is -0.457 e. The third-order valence-electron chi connectivity index (χ3n) is 7.45. The molecule has 2 aromatic rings. The van der Waals surface area contributed by atoms with Crippen LogP contribution in [0.2, 0.25) is 0 Å². The number of rotatable bonds is 1. The van der Waals surface area contributed by atoms with E-state index in [1.807, 2.05) is 57.5 Å². The molecule has 0 fully saturated rings. The third-order valence-corrected chi connectivity index (χ3v) is 7.45. The van der Waals surface area contributed by atoms with Crippen molar-refractivity contribution in [3.8, 4) is 0 Å². The molecule has 1 aliphatic rings. The van der Waals surface area contributed by atoms with Gasteiger partial charge in [-0.05, 0) is 56.2 Å². The zero-order chi connectivity index (χ0) is 25.0. The summed E-state index contributed by atoms with van der Waals surface area (Å²) >= 11 is 0. The summed E-state index contributed by atoms with van der Waals surface area (Å²) in [5, 5.41) is 10.7. The van der Waals surface area contributed by atoms with Crippen LogP contribution in [0.5, 0.6) is 0 Å². The van der Waals surface area contributed by atoms with Crippen molar-refractivity contribution in [1.29, 1.82) is 0 Å². The Bertz CT molecular complexity index is 1050. The van der Waals surface area contributed by atoms with Gasteiger partial charge in [-0.25, -0.2) is 4.98 Å². The molecule has 1 N–H and O–H groups in total. The third kappa shape index (κ3) is 5.96. The summed E-state index contributed by atoms with van der Waals surface area (Å²) < 4.78 is 7.98. The van der Waals surface area contributed by atoms with Gasteiger partial charge in [0.15, 0.2) is 0 Å². The number of hydrogen-bond acceptors (Lipinski definition) is 5. The zero-order valence-corrected chi connectivity index (χ0v) is 21.5. The number of Topliss-reactive ketones (excluding diaryl/α,β-unsaturated/α-hetero) is 1. The van der Waals surface area contributed by atoms with E-state index in [9.17, 15) is 14.7 Å². The SMILES string of the molecule is Cc1nc2cc([C@@H]3CC=CCCCC(C)[C@H](O)[C@@H](C)C(=O)C(C)(C)CCC(=O)O3)ccc2n1C. The number of nitrogens with zero attached hydrogens (tertiary/aromatic N) is 2. The van der Waals surface area contributed by atoms with Crippen molar-refractivity contribution in [3.05, 3.63) is 41.7 Å². The van der Waals surface area contributed by atoms with Gasteiger partial charge in [0.1, 0.15) is 17.7 Å². The summed E-state index contributed by atoms with van der Waals surface area (Å²) in [4.78, 5) is 30.6. The van der Waals surface area contributed by atoms with Gasteiger partial charge >= 0.3 is 5.97 Å². The Morgan fingerprint density at radius 3 is 2.65 bits per heavy atom. The average molecular weight is 469 g/mol. The predicted octanol–water partition coefficient (Wildman–Crippen LogP) is 5.60. The Labute approximate surface area is 203 Å². The molecule has 1 unspecified atom stereocenters. The quantitative estimate of drug-likeness (QED) is 0.435. The van der Waals surface area contributed by atoms with Gasteiger partial charge in [0, 0.05) is 31.2 Å². The van der Waals surface area contributed by atoms with E-state index < -0.39 is 23.5 Å². The van der Waals surface area contributed by atoms with Crippen LogP contribution in [0, 0.1) is 24.2 Å². The summed E-state index contributed by atoms with van der Waals surface area (Å²) in [5.74, 6) is 0.194. The van der Waals surface area contributed by atoms with Gasteiger partial charge in [0.2, 0.25) is 0 Å². The topological polar surface area (TPSA) is 81.4 Å². The van der Waals surface area contributed by atoms with Crippen LogP contribution in [-0.2, 0) is 21.4 Å². The molecule has 3 rings (SSSR count). The van der Waals surface area contributed by atoms with Crippen molar-refractivity contribution in [2.45, 2.75) is 85.4 Å². The Morgan fingerprint density at radius 2 is 1.91 bits per heavy atom. The van der Waals surface area contributed by atoms with Crippen LogP contribution >= 0.6 is 0 Å². The molecular weight excluding hydrogens is 428 g/mol. The standard InChI is InChI=1S/C28H40N2O4/c1-18-11-9-7-8-10-12-24(21-13-14-23-22(17-21)29-20(3)30(23)6)34-25(31)15-16-28(4,5)27(33)19(2)26(18)32/h8,10,13-14,17-19,24,26,32H,7,9,11-12,15-16H2,1-6H3/t18?,19-,24+,26+/m1/s1. The maximum absolute atomic E-state index is 13.1. The number of aliphatic hydroxyl groups excluding tert-OH is 1. The second-order valence-electron chi connectivity index (χ2n) is 10.6. The smallest absolute Gasteiger partial charge is 0.306 e. The van der Waals surface area contributed by atoms with Gasteiger partial charge in [0.25, 0.3) is 0 Å². The molecule has 1 aromatic carbocycles. The fourth-order valence-electron chi connectivity index (χ4n) is 4.88. The first-order valence-electron chi connectivity index (χ1n) is 12.5.